The van der Waals surface area contributed by atoms with Gasteiger partial charge in [0.05, 0.1) is 10.9 Å². The van der Waals surface area contributed by atoms with Gasteiger partial charge in [-0.2, -0.15) is 9.37 Å². The van der Waals surface area contributed by atoms with E-state index in [2.05, 4.69) is 9.97 Å². The van der Waals surface area contributed by atoms with E-state index in [0.29, 0.717) is 23.6 Å². The van der Waals surface area contributed by atoms with Crippen LogP contribution in [0, 0.1) is 24.5 Å². The predicted octanol–water partition coefficient (Wildman–Crippen LogP) is 5.91. The Kier molecular flexibility index (Phi) is 8.43. The lowest BCUT2D eigenvalue weighted by Gasteiger charge is -2.23. The molecule has 4 aromatic rings. The molecular weight excluding hydrogens is 543 g/mol. The molecule has 2 aromatic carbocycles. The minimum atomic E-state index is -4.60. The highest BCUT2D eigenvalue weighted by Gasteiger charge is 2.32. The first-order valence-electron chi connectivity index (χ1n) is 12.8. The first-order valence-corrected chi connectivity index (χ1v) is 14.2. The Morgan fingerprint density at radius 2 is 1.65 bits per heavy atom. The molecule has 0 aliphatic rings. The van der Waals surface area contributed by atoms with Crippen molar-refractivity contribution in [1.82, 2.24) is 14.5 Å². The molecule has 210 valence electrons. The molecule has 1 atom stereocenters. The summed E-state index contributed by atoms with van der Waals surface area (Å²) in [7, 11) is -4.60. The number of halogens is 3. The fraction of sp³-hybridized carbons (Fsp3) is 0.276. The van der Waals surface area contributed by atoms with Crippen LogP contribution < -0.4 is 5.56 Å². The van der Waals surface area contributed by atoms with Gasteiger partial charge in [0.1, 0.15) is 17.5 Å². The molecule has 2 heterocycles. The van der Waals surface area contributed by atoms with Crippen LogP contribution in [-0.4, -0.2) is 28.1 Å². The molecule has 0 bridgehead atoms. The Balaban J connectivity index is 1.88. The Bertz CT molecular complexity index is 1700. The van der Waals surface area contributed by atoms with Crippen LogP contribution in [0.2, 0.25) is 0 Å². The molecule has 1 unspecified atom stereocenters. The summed E-state index contributed by atoms with van der Waals surface area (Å²) in [4.78, 5) is 20.3. The SMILES string of the molecule is CCCCc1nc(O)c(S(=O)(=O)c2ccc(-c3ccnc(F)c3C)cc2)c(=O)n1C(CC)c1cc(F)cc(F)c1. The summed E-state index contributed by atoms with van der Waals surface area (Å²) >= 11 is 0. The number of unbranched alkanes of at least 4 members (excludes halogenated alkanes) is 1. The molecule has 7 nitrogen and oxygen atoms in total. The largest absolute Gasteiger partial charge is 0.492 e. The number of aromatic hydroxyl groups is 1. The van der Waals surface area contributed by atoms with Crippen molar-refractivity contribution in [3.8, 4) is 17.0 Å². The summed E-state index contributed by atoms with van der Waals surface area (Å²) in [5.74, 6) is -3.20. The van der Waals surface area contributed by atoms with E-state index in [0.717, 1.165) is 23.1 Å². The summed E-state index contributed by atoms with van der Waals surface area (Å²) in [6, 6.07) is 8.91. The third-order valence-corrected chi connectivity index (χ3v) is 8.53. The summed E-state index contributed by atoms with van der Waals surface area (Å²) in [5.41, 5.74) is 0.388. The van der Waals surface area contributed by atoms with Gasteiger partial charge >= 0.3 is 0 Å². The fourth-order valence-electron chi connectivity index (χ4n) is 4.71. The van der Waals surface area contributed by atoms with Crippen molar-refractivity contribution in [1.29, 1.82) is 0 Å². The molecule has 0 saturated heterocycles. The van der Waals surface area contributed by atoms with Crippen molar-refractivity contribution in [3.63, 3.8) is 0 Å². The zero-order chi connectivity index (χ0) is 29.2. The third kappa shape index (κ3) is 5.51. The van der Waals surface area contributed by atoms with E-state index in [-0.39, 0.29) is 34.7 Å². The molecule has 0 amide bonds. The second-order valence-electron chi connectivity index (χ2n) is 9.39. The van der Waals surface area contributed by atoms with E-state index < -0.39 is 49.8 Å². The van der Waals surface area contributed by atoms with Crippen molar-refractivity contribution in [2.45, 2.75) is 62.3 Å². The van der Waals surface area contributed by atoms with E-state index in [4.69, 9.17) is 0 Å². The molecule has 0 aliphatic heterocycles. The second kappa shape index (κ2) is 11.6. The monoisotopic (exact) mass is 571 g/mol. The summed E-state index contributed by atoms with van der Waals surface area (Å²) in [6.07, 6.45) is 3.00. The van der Waals surface area contributed by atoms with Gasteiger partial charge in [0.25, 0.3) is 5.56 Å². The number of benzene rings is 2. The van der Waals surface area contributed by atoms with Gasteiger partial charge in [-0.15, -0.1) is 0 Å². The topological polar surface area (TPSA) is 102 Å². The van der Waals surface area contributed by atoms with Crippen LogP contribution in [0.1, 0.15) is 56.1 Å². The maximum Gasteiger partial charge on any atom is 0.277 e. The third-order valence-electron chi connectivity index (χ3n) is 6.74. The lowest BCUT2D eigenvalue weighted by molar-refractivity contribution is 0.406. The van der Waals surface area contributed by atoms with Gasteiger partial charge in [-0.1, -0.05) is 32.4 Å². The molecule has 40 heavy (non-hydrogen) atoms. The van der Waals surface area contributed by atoms with E-state index >= 15 is 0 Å². The predicted molar refractivity (Wildman–Crippen MR) is 143 cm³/mol. The first kappa shape index (κ1) is 29.0. The number of nitrogens with zero attached hydrogens (tertiary/aromatic N) is 3. The van der Waals surface area contributed by atoms with Crippen LogP contribution >= 0.6 is 0 Å². The van der Waals surface area contributed by atoms with E-state index in [1.165, 1.54) is 30.5 Å². The second-order valence-corrected chi connectivity index (χ2v) is 11.3. The lowest BCUT2D eigenvalue weighted by atomic mass is 10.0. The molecule has 1 N–H and O–H groups in total. The van der Waals surface area contributed by atoms with Crippen molar-refractivity contribution >= 4 is 9.84 Å². The molecule has 0 radical (unpaired) electrons. The van der Waals surface area contributed by atoms with Gasteiger partial charge in [-0.3, -0.25) is 9.36 Å². The van der Waals surface area contributed by atoms with Crippen LogP contribution in [-0.2, 0) is 16.3 Å². The maximum atomic E-state index is 14.1. The highest BCUT2D eigenvalue weighted by atomic mass is 32.2. The van der Waals surface area contributed by atoms with Crippen molar-refractivity contribution in [2.75, 3.05) is 0 Å². The summed E-state index contributed by atoms with van der Waals surface area (Å²) in [5, 5.41) is 10.7. The number of hydrogen-bond acceptors (Lipinski definition) is 6. The molecule has 0 aliphatic carbocycles. The smallest absolute Gasteiger partial charge is 0.277 e. The molecule has 0 saturated carbocycles. The summed E-state index contributed by atoms with van der Waals surface area (Å²) < 4.78 is 70.6. The normalized spacial score (nSPS) is 12.4. The number of sulfone groups is 1. The average Bonchev–Trinajstić information content (AvgIpc) is 2.90. The molecular formula is C29H28F3N3O4S. The number of aromatic nitrogens is 3. The van der Waals surface area contributed by atoms with Gasteiger partial charge in [-0.25, -0.2) is 22.2 Å². The fourth-order valence-corrected chi connectivity index (χ4v) is 6.05. The Hall–Kier alpha value is -3.99. The number of hydrogen-bond donors (Lipinski definition) is 1. The minimum absolute atomic E-state index is 0.102. The zero-order valence-corrected chi connectivity index (χ0v) is 23.0. The zero-order valence-electron chi connectivity index (χ0n) is 22.2. The van der Waals surface area contributed by atoms with E-state index in [1.54, 1.807) is 19.9 Å². The molecule has 4 rings (SSSR count). The standard InChI is InChI=1S/C29H28F3N3O4S/c1-4-6-7-25-34-28(36)26(29(37)35(25)24(5-2)19-14-20(30)16-21(31)15-19)40(38,39)22-10-8-18(9-11-22)23-12-13-33-27(32)17(23)3/h8-16,24,36H,4-7H2,1-3H3. The molecule has 2 aromatic heterocycles. The number of rotatable bonds is 9. The quantitative estimate of drug-likeness (QED) is 0.251. The van der Waals surface area contributed by atoms with E-state index in [1.807, 2.05) is 6.92 Å². The number of pyridine rings is 1. The minimum Gasteiger partial charge on any atom is -0.492 e. The van der Waals surface area contributed by atoms with Crippen molar-refractivity contribution in [2.24, 2.45) is 0 Å². The van der Waals surface area contributed by atoms with Crippen LogP contribution in [0.5, 0.6) is 5.88 Å². The first-order chi connectivity index (χ1) is 19.0. The Morgan fingerprint density at radius 3 is 2.25 bits per heavy atom. The van der Waals surface area contributed by atoms with Crippen molar-refractivity contribution < 1.29 is 26.7 Å². The molecule has 0 fully saturated rings. The number of aryl methyl sites for hydroxylation is 1. The van der Waals surface area contributed by atoms with E-state index in [9.17, 15) is 31.5 Å². The van der Waals surface area contributed by atoms with Crippen molar-refractivity contribution in [3.05, 3.63) is 99.6 Å². The lowest BCUT2D eigenvalue weighted by Crippen LogP contribution is -2.33. The van der Waals surface area contributed by atoms with Gasteiger partial charge < -0.3 is 5.11 Å². The molecule has 0 spiro atoms. The van der Waals surface area contributed by atoms with Gasteiger partial charge in [0.2, 0.25) is 21.7 Å². The average molecular weight is 572 g/mol. The van der Waals surface area contributed by atoms with Gasteiger partial charge in [-0.05, 0) is 66.8 Å². The van der Waals surface area contributed by atoms with Crippen LogP contribution in [0.3, 0.4) is 0 Å². The van der Waals surface area contributed by atoms with Crippen LogP contribution in [0.25, 0.3) is 11.1 Å². The van der Waals surface area contributed by atoms with Gasteiger partial charge in [0, 0.05) is 24.2 Å². The van der Waals surface area contributed by atoms with Crippen LogP contribution in [0.4, 0.5) is 13.2 Å². The maximum absolute atomic E-state index is 14.1. The molecule has 11 heteroatoms. The Morgan fingerprint density at radius 1 is 1.00 bits per heavy atom. The van der Waals surface area contributed by atoms with Gasteiger partial charge in [0.15, 0.2) is 4.90 Å². The highest BCUT2D eigenvalue weighted by Crippen LogP contribution is 2.31. The highest BCUT2D eigenvalue weighted by molar-refractivity contribution is 7.91. The Labute approximate surface area is 229 Å². The summed E-state index contributed by atoms with van der Waals surface area (Å²) in [6.45, 7) is 5.14. The van der Waals surface area contributed by atoms with Crippen LogP contribution in [0.15, 0.2) is 69.3 Å².